The molecule has 0 heterocycles. The largest absolute Gasteiger partial charge is 0.0654 e. The van der Waals surface area contributed by atoms with Crippen molar-refractivity contribution in [3.8, 4) is 0 Å². The van der Waals surface area contributed by atoms with Crippen molar-refractivity contribution in [2.24, 2.45) is 5.92 Å². The highest BCUT2D eigenvalue weighted by Gasteiger charge is 2.07. The molecule has 0 N–H and O–H groups in total. The minimum Gasteiger partial charge on any atom is -0.0654 e. The predicted octanol–water partition coefficient (Wildman–Crippen LogP) is 6.94. The normalized spacial score (nSPS) is 11.3. The third-order valence-electron chi connectivity index (χ3n) is 4.04. The molecule has 0 aromatic heterocycles. The van der Waals surface area contributed by atoms with Crippen molar-refractivity contribution in [1.29, 1.82) is 0 Å². The molecule has 18 heavy (non-hydrogen) atoms. The molecule has 0 saturated heterocycles. The summed E-state index contributed by atoms with van der Waals surface area (Å²) in [6.45, 7) is 8.54. The quantitative estimate of drug-likeness (QED) is 0.294. The highest BCUT2D eigenvalue weighted by molar-refractivity contribution is 4.61. The van der Waals surface area contributed by atoms with Gasteiger partial charge in [0, 0.05) is 0 Å². The summed E-state index contributed by atoms with van der Waals surface area (Å²) in [5.74, 6) is 1.03. The standard InChI is InChI=1S/C18H37/c1-4-7-10-11-14-17-18(15-12-8-5-2)16-13-9-6-3/h18H,1,4-17H2,2-3H3. The van der Waals surface area contributed by atoms with E-state index in [0.717, 1.165) is 12.3 Å². The number of hydrogen-bond acceptors (Lipinski definition) is 0. The first-order valence-corrected chi connectivity index (χ1v) is 8.64. The van der Waals surface area contributed by atoms with E-state index in [2.05, 4.69) is 20.8 Å². The van der Waals surface area contributed by atoms with Crippen LogP contribution in [0.25, 0.3) is 0 Å². The van der Waals surface area contributed by atoms with Gasteiger partial charge in [0.1, 0.15) is 0 Å². The van der Waals surface area contributed by atoms with Gasteiger partial charge >= 0.3 is 0 Å². The summed E-state index contributed by atoms with van der Waals surface area (Å²) in [7, 11) is 0. The zero-order valence-corrected chi connectivity index (χ0v) is 13.2. The maximum absolute atomic E-state index is 3.92. The van der Waals surface area contributed by atoms with Crippen LogP contribution in [0.3, 0.4) is 0 Å². The number of hydrogen-bond donors (Lipinski definition) is 0. The fourth-order valence-electron chi connectivity index (χ4n) is 2.76. The first-order valence-electron chi connectivity index (χ1n) is 8.64. The molecule has 0 aromatic rings. The van der Waals surface area contributed by atoms with Crippen molar-refractivity contribution in [1.82, 2.24) is 0 Å². The summed E-state index contributed by atoms with van der Waals surface area (Å²) in [4.78, 5) is 0. The van der Waals surface area contributed by atoms with Gasteiger partial charge in [0.15, 0.2) is 0 Å². The molecule has 0 unspecified atom stereocenters. The van der Waals surface area contributed by atoms with E-state index in [-0.39, 0.29) is 0 Å². The van der Waals surface area contributed by atoms with E-state index in [1.165, 1.54) is 83.5 Å². The van der Waals surface area contributed by atoms with E-state index in [1.54, 1.807) is 0 Å². The lowest BCUT2D eigenvalue weighted by atomic mass is 9.90. The fourth-order valence-corrected chi connectivity index (χ4v) is 2.76. The lowest BCUT2D eigenvalue weighted by molar-refractivity contribution is 0.371. The summed E-state index contributed by atoms with van der Waals surface area (Å²) in [5.41, 5.74) is 0. The van der Waals surface area contributed by atoms with Crippen LogP contribution in [-0.4, -0.2) is 0 Å². The molecular formula is C18H37. The Morgan fingerprint density at radius 1 is 0.611 bits per heavy atom. The van der Waals surface area contributed by atoms with Crippen molar-refractivity contribution in [3.05, 3.63) is 6.92 Å². The second kappa shape index (κ2) is 15.1. The molecule has 0 amide bonds. The van der Waals surface area contributed by atoms with Crippen LogP contribution in [0.4, 0.5) is 0 Å². The minimum absolute atomic E-state index is 1.03. The van der Waals surface area contributed by atoms with Gasteiger partial charge in [-0.05, 0) is 5.92 Å². The van der Waals surface area contributed by atoms with Crippen molar-refractivity contribution < 1.29 is 0 Å². The molecule has 0 nitrogen and oxygen atoms in total. The number of unbranched alkanes of at least 4 members (excludes halogenated alkanes) is 8. The highest BCUT2D eigenvalue weighted by Crippen LogP contribution is 2.23. The molecule has 0 aliphatic heterocycles. The molecule has 0 atom stereocenters. The molecule has 0 aliphatic rings. The van der Waals surface area contributed by atoms with Crippen LogP contribution in [0, 0.1) is 12.8 Å². The van der Waals surface area contributed by atoms with E-state index in [0.29, 0.717) is 0 Å². The van der Waals surface area contributed by atoms with Gasteiger partial charge < -0.3 is 0 Å². The smallest absolute Gasteiger partial charge is 0.0414 e. The van der Waals surface area contributed by atoms with Gasteiger partial charge in [-0.1, -0.05) is 111 Å². The van der Waals surface area contributed by atoms with Crippen molar-refractivity contribution >= 4 is 0 Å². The first-order chi connectivity index (χ1) is 8.85. The molecule has 0 rings (SSSR count). The monoisotopic (exact) mass is 253 g/mol. The van der Waals surface area contributed by atoms with Gasteiger partial charge in [-0.25, -0.2) is 0 Å². The van der Waals surface area contributed by atoms with Gasteiger partial charge in [0.25, 0.3) is 0 Å². The van der Waals surface area contributed by atoms with Crippen LogP contribution in [0.1, 0.15) is 104 Å². The Balaban J connectivity index is 3.60. The SMILES string of the molecule is [CH2]CCCCCCC(CCCCC)CCCCC. The molecule has 0 bridgehead atoms. The lowest BCUT2D eigenvalue weighted by Gasteiger charge is -2.16. The van der Waals surface area contributed by atoms with Crippen molar-refractivity contribution in [3.63, 3.8) is 0 Å². The van der Waals surface area contributed by atoms with E-state index in [4.69, 9.17) is 0 Å². The fraction of sp³-hybridized carbons (Fsp3) is 0.944. The van der Waals surface area contributed by atoms with Gasteiger partial charge in [-0.15, -0.1) is 0 Å². The van der Waals surface area contributed by atoms with Crippen LogP contribution in [-0.2, 0) is 0 Å². The Morgan fingerprint density at radius 3 is 1.50 bits per heavy atom. The molecule has 0 aromatic carbocycles. The minimum atomic E-state index is 1.03. The molecule has 0 fully saturated rings. The Kier molecular flexibility index (Phi) is 15.1. The van der Waals surface area contributed by atoms with Gasteiger partial charge in [-0.2, -0.15) is 0 Å². The van der Waals surface area contributed by atoms with Crippen LogP contribution in [0.15, 0.2) is 0 Å². The van der Waals surface area contributed by atoms with E-state index in [1.807, 2.05) is 0 Å². The maximum atomic E-state index is 3.92. The Labute approximate surface area is 117 Å². The molecule has 1 radical (unpaired) electrons. The van der Waals surface area contributed by atoms with Crippen molar-refractivity contribution in [2.75, 3.05) is 0 Å². The van der Waals surface area contributed by atoms with E-state index in [9.17, 15) is 0 Å². The van der Waals surface area contributed by atoms with Gasteiger partial charge in [0.05, 0.1) is 0 Å². The topological polar surface area (TPSA) is 0 Å². The van der Waals surface area contributed by atoms with Gasteiger partial charge in [-0.3, -0.25) is 0 Å². The summed E-state index contributed by atoms with van der Waals surface area (Å²) < 4.78 is 0. The zero-order chi connectivity index (χ0) is 13.5. The maximum Gasteiger partial charge on any atom is -0.0414 e. The van der Waals surface area contributed by atoms with Crippen molar-refractivity contribution in [2.45, 2.75) is 104 Å². The Morgan fingerprint density at radius 2 is 1.06 bits per heavy atom. The van der Waals surface area contributed by atoms with Crippen LogP contribution >= 0.6 is 0 Å². The second-order valence-corrected chi connectivity index (χ2v) is 5.91. The number of rotatable bonds is 14. The van der Waals surface area contributed by atoms with E-state index < -0.39 is 0 Å². The molecule has 0 heteroatoms. The highest BCUT2D eigenvalue weighted by atomic mass is 14.1. The summed E-state index contributed by atoms with van der Waals surface area (Å²) in [6.07, 6.45) is 19.8. The summed E-state index contributed by atoms with van der Waals surface area (Å²) in [6, 6.07) is 0. The Bertz CT molecular complexity index is 129. The predicted molar refractivity (Wildman–Crippen MR) is 84.8 cm³/mol. The lowest BCUT2D eigenvalue weighted by Crippen LogP contribution is -2.01. The summed E-state index contributed by atoms with van der Waals surface area (Å²) >= 11 is 0. The molecular weight excluding hydrogens is 216 g/mol. The molecule has 0 aliphatic carbocycles. The second-order valence-electron chi connectivity index (χ2n) is 5.91. The molecule has 109 valence electrons. The molecule has 0 saturated carbocycles. The average molecular weight is 253 g/mol. The van der Waals surface area contributed by atoms with Crippen LogP contribution in [0.5, 0.6) is 0 Å². The first kappa shape index (κ1) is 18.0. The zero-order valence-electron chi connectivity index (χ0n) is 13.2. The molecule has 0 spiro atoms. The summed E-state index contributed by atoms with van der Waals surface area (Å²) in [5, 5.41) is 0. The Hall–Kier alpha value is 0. The van der Waals surface area contributed by atoms with Gasteiger partial charge in [0.2, 0.25) is 0 Å². The third kappa shape index (κ3) is 12.5. The van der Waals surface area contributed by atoms with Crippen LogP contribution in [0.2, 0.25) is 0 Å². The third-order valence-corrected chi connectivity index (χ3v) is 4.04. The van der Waals surface area contributed by atoms with Crippen LogP contribution < -0.4 is 0 Å². The average Bonchev–Trinajstić information content (AvgIpc) is 2.38. The van der Waals surface area contributed by atoms with E-state index >= 15 is 0 Å².